The molecule has 0 aliphatic carbocycles. The third-order valence-corrected chi connectivity index (χ3v) is 2.31. The maximum absolute atomic E-state index is 5.67. The zero-order valence-corrected chi connectivity index (χ0v) is 9.84. The largest absolute Gasteiger partial charge is 0.465 e. The molecule has 1 N–H and O–H groups in total. The molecule has 15 heavy (non-hydrogen) atoms. The first-order chi connectivity index (χ1) is 7.17. The number of likely N-dealkylation sites (N-methyl/N-ethyl adjacent to an activating group) is 1. The van der Waals surface area contributed by atoms with Crippen LogP contribution in [0.2, 0.25) is 0 Å². The molecule has 0 radical (unpaired) electrons. The number of hydrogen-bond acceptors (Lipinski definition) is 3. The fourth-order valence-corrected chi connectivity index (χ4v) is 1.58. The monoisotopic (exact) mass is 208 g/mol. The van der Waals surface area contributed by atoms with Crippen LogP contribution < -0.4 is 5.32 Å². The Labute approximate surface area is 91.8 Å². The normalized spacial score (nSPS) is 10.9. The lowest BCUT2D eigenvalue weighted by molar-refractivity contribution is 0.319. The van der Waals surface area contributed by atoms with E-state index in [0.29, 0.717) is 0 Å². The van der Waals surface area contributed by atoms with Crippen molar-refractivity contribution in [1.82, 2.24) is 10.2 Å². The van der Waals surface area contributed by atoms with Gasteiger partial charge in [-0.25, -0.2) is 0 Å². The highest BCUT2D eigenvalue weighted by molar-refractivity contribution is 5.20. The summed E-state index contributed by atoms with van der Waals surface area (Å²) in [6, 6.07) is 2.12. The average Bonchev–Trinajstić information content (AvgIpc) is 2.48. The number of aryl methyl sites for hydroxylation is 1. The van der Waals surface area contributed by atoms with Crippen molar-refractivity contribution < 1.29 is 4.42 Å². The Hall–Kier alpha value is -1.06. The van der Waals surface area contributed by atoms with Crippen molar-refractivity contribution in [2.75, 3.05) is 20.6 Å². The molecule has 3 nitrogen and oxygen atoms in total. The van der Waals surface area contributed by atoms with Crippen LogP contribution >= 0.6 is 0 Å². The van der Waals surface area contributed by atoms with E-state index in [9.17, 15) is 0 Å². The van der Waals surface area contributed by atoms with E-state index in [2.05, 4.69) is 29.9 Å². The maximum atomic E-state index is 5.67. The summed E-state index contributed by atoms with van der Waals surface area (Å²) in [7, 11) is 3.99. The van der Waals surface area contributed by atoms with Crippen molar-refractivity contribution in [3.63, 3.8) is 0 Å². The number of hydrogen-bond donors (Lipinski definition) is 1. The van der Waals surface area contributed by atoms with Crippen LogP contribution in [0.5, 0.6) is 0 Å². The molecule has 0 saturated heterocycles. The van der Waals surface area contributed by atoms with Gasteiger partial charge in [0.2, 0.25) is 0 Å². The van der Waals surface area contributed by atoms with Crippen LogP contribution in [0.1, 0.15) is 17.1 Å². The second-order valence-electron chi connectivity index (χ2n) is 3.81. The molecule has 0 saturated carbocycles. The predicted octanol–water partition coefficient (Wildman–Crippen LogP) is 1.93. The van der Waals surface area contributed by atoms with E-state index < -0.39 is 0 Å². The van der Waals surface area contributed by atoms with Gasteiger partial charge in [-0.2, -0.15) is 0 Å². The van der Waals surface area contributed by atoms with Crippen LogP contribution in [-0.4, -0.2) is 25.5 Å². The molecule has 0 unspecified atom stereocenters. The summed E-state index contributed by atoms with van der Waals surface area (Å²) in [6.07, 6.45) is 1.89. The minimum Gasteiger partial charge on any atom is -0.465 e. The minimum absolute atomic E-state index is 0.830. The molecule has 0 amide bonds. The Morgan fingerprint density at radius 2 is 2.33 bits per heavy atom. The van der Waals surface area contributed by atoms with E-state index in [-0.39, 0.29) is 0 Å². The highest BCUT2D eigenvalue weighted by Crippen LogP contribution is 2.15. The molecule has 0 aliphatic heterocycles. The molecule has 0 aromatic carbocycles. The first-order valence-corrected chi connectivity index (χ1v) is 5.19. The Kier molecular flexibility index (Phi) is 4.59. The van der Waals surface area contributed by atoms with E-state index in [1.165, 1.54) is 5.56 Å². The number of nitrogens with zero attached hydrogens (tertiary/aromatic N) is 1. The lowest BCUT2D eigenvalue weighted by atomic mass is 10.2. The van der Waals surface area contributed by atoms with E-state index in [4.69, 9.17) is 4.42 Å². The van der Waals surface area contributed by atoms with E-state index >= 15 is 0 Å². The molecule has 0 fully saturated rings. The summed E-state index contributed by atoms with van der Waals surface area (Å²) in [5.74, 6) is 2.02. The molecule has 0 bridgehead atoms. The molecule has 0 atom stereocenters. The van der Waals surface area contributed by atoms with Gasteiger partial charge in [0.25, 0.3) is 0 Å². The second-order valence-corrected chi connectivity index (χ2v) is 3.81. The van der Waals surface area contributed by atoms with Gasteiger partial charge < -0.3 is 9.73 Å². The lowest BCUT2D eigenvalue weighted by Gasteiger charge is -2.11. The highest BCUT2D eigenvalue weighted by atomic mass is 16.3. The summed E-state index contributed by atoms with van der Waals surface area (Å²) in [5.41, 5.74) is 1.24. The topological polar surface area (TPSA) is 28.4 Å². The van der Waals surface area contributed by atoms with Gasteiger partial charge in [0.05, 0.1) is 6.54 Å². The van der Waals surface area contributed by atoms with Gasteiger partial charge in [0.15, 0.2) is 0 Å². The van der Waals surface area contributed by atoms with E-state index in [1.807, 2.05) is 20.0 Å². The average molecular weight is 208 g/mol. The fraction of sp³-hybridized carbons (Fsp3) is 0.500. The van der Waals surface area contributed by atoms with Gasteiger partial charge in [-0.15, -0.1) is 6.58 Å². The van der Waals surface area contributed by atoms with Gasteiger partial charge in [-0.1, -0.05) is 6.08 Å². The standard InChI is InChI=1S/C12H20N2O/c1-5-6-14(4)9-12-7-11(8-13-3)10(2)15-12/h5,7,13H,1,6,8-9H2,2-4H3. The van der Waals surface area contributed by atoms with Gasteiger partial charge >= 0.3 is 0 Å². The first-order valence-electron chi connectivity index (χ1n) is 5.19. The van der Waals surface area contributed by atoms with E-state index in [1.54, 1.807) is 0 Å². The molecular formula is C12H20N2O. The Morgan fingerprint density at radius 3 is 2.93 bits per heavy atom. The Morgan fingerprint density at radius 1 is 1.60 bits per heavy atom. The smallest absolute Gasteiger partial charge is 0.118 e. The minimum atomic E-state index is 0.830. The van der Waals surface area contributed by atoms with Gasteiger partial charge in [0.1, 0.15) is 11.5 Å². The molecule has 0 aliphatic rings. The van der Waals surface area contributed by atoms with Gasteiger partial charge in [-0.3, -0.25) is 4.90 Å². The zero-order chi connectivity index (χ0) is 11.3. The molecule has 1 heterocycles. The fourth-order valence-electron chi connectivity index (χ4n) is 1.58. The van der Waals surface area contributed by atoms with E-state index in [0.717, 1.165) is 31.2 Å². The van der Waals surface area contributed by atoms with Crippen LogP contribution in [0.3, 0.4) is 0 Å². The molecule has 1 aromatic rings. The number of rotatable bonds is 6. The summed E-state index contributed by atoms with van der Waals surface area (Å²) in [6.45, 7) is 8.28. The van der Waals surface area contributed by atoms with Crippen molar-refractivity contribution in [1.29, 1.82) is 0 Å². The van der Waals surface area contributed by atoms with Crippen molar-refractivity contribution in [2.45, 2.75) is 20.0 Å². The maximum Gasteiger partial charge on any atom is 0.118 e. The predicted molar refractivity (Wildman–Crippen MR) is 62.7 cm³/mol. The van der Waals surface area contributed by atoms with Crippen LogP contribution in [0.15, 0.2) is 23.1 Å². The van der Waals surface area contributed by atoms with Gasteiger partial charge in [0, 0.05) is 18.7 Å². The Balaban J connectivity index is 2.61. The van der Waals surface area contributed by atoms with Crippen molar-refractivity contribution in [3.05, 3.63) is 35.8 Å². The molecule has 84 valence electrons. The zero-order valence-electron chi connectivity index (χ0n) is 9.84. The quantitative estimate of drug-likeness (QED) is 0.724. The van der Waals surface area contributed by atoms with Crippen LogP contribution in [-0.2, 0) is 13.1 Å². The first kappa shape index (κ1) is 12.0. The molecule has 1 aromatic heterocycles. The van der Waals surface area contributed by atoms with Crippen molar-refractivity contribution in [2.24, 2.45) is 0 Å². The van der Waals surface area contributed by atoms with Crippen molar-refractivity contribution in [3.8, 4) is 0 Å². The van der Waals surface area contributed by atoms with Crippen molar-refractivity contribution >= 4 is 0 Å². The lowest BCUT2D eigenvalue weighted by Crippen LogP contribution is -2.16. The third-order valence-electron chi connectivity index (χ3n) is 2.31. The molecule has 3 heteroatoms. The second kappa shape index (κ2) is 5.73. The summed E-state index contributed by atoms with van der Waals surface area (Å²) in [4.78, 5) is 2.16. The SMILES string of the molecule is C=CCN(C)Cc1cc(CNC)c(C)o1. The summed E-state index contributed by atoms with van der Waals surface area (Å²) >= 11 is 0. The third kappa shape index (κ3) is 3.53. The Bertz CT molecular complexity index is 317. The number of nitrogens with one attached hydrogen (secondary N) is 1. The highest BCUT2D eigenvalue weighted by Gasteiger charge is 2.07. The summed E-state index contributed by atoms with van der Waals surface area (Å²) < 4.78 is 5.67. The summed E-state index contributed by atoms with van der Waals surface area (Å²) in [5, 5.41) is 3.13. The van der Waals surface area contributed by atoms with Crippen LogP contribution in [0.25, 0.3) is 0 Å². The van der Waals surface area contributed by atoms with Crippen LogP contribution in [0, 0.1) is 6.92 Å². The van der Waals surface area contributed by atoms with Crippen LogP contribution in [0.4, 0.5) is 0 Å². The number of furan rings is 1. The molecule has 0 spiro atoms. The van der Waals surface area contributed by atoms with Gasteiger partial charge in [-0.05, 0) is 27.1 Å². The molecule has 1 rings (SSSR count). The molecular weight excluding hydrogens is 188 g/mol.